The predicted molar refractivity (Wildman–Crippen MR) is 64.8 cm³/mol. The fourth-order valence-corrected chi connectivity index (χ4v) is 1.90. The SMILES string of the molecule is Cc1noc(CNC(=O)CN2CCCNCC2)n1. The molecule has 0 bridgehead atoms. The number of rotatable bonds is 4. The van der Waals surface area contributed by atoms with Crippen LogP contribution >= 0.6 is 0 Å². The van der Waals surface area contributed by atoms with Crippen molar-refractivity contribution in [2.45, 2.75) is 19.9 Å². The fraction of sp³-hybridized carbons (Fsp3) is 0.727. The van der Waals surface area contributed by atoms with E-state index >= 15 is 0 Å². The number of aryl methyl sites for hydroxylation is 1. The van der Waals surface area contributed by atoms with Crippen LogP contribution in [0.15, 0.2) is 4.52 Å². The van der Waals surface area contributed by atoms with Crippen LogP contribution in [0.5, 0.6) is 0 Å². The highest BCUT2D eigenvalue weighted by Crippen LogP contribution is 1.96. The standard InChI is InChI=1S/C11H19N5O2/c1-9-14-11(18-15-9)7-13-10(17)8-16-5-2-3-12-4-6-16/h12H,2-8H2,1H3,(H,13,17). The van der Waals surface area contributed by atoms with E-state index in [2.05, 4.69) is 25.7 Å². The first kappa shape index (κ1) is 13.0. The van der Waals surface area contributed by atoms with Gasteiger partial charge in [0, 0.05) is 13.1 Å². The van der Waals surface area contributed by atoms with Crippen LogP contribution in [-0.4, -0.2) is 53.7 Å². The summed E-state index contributed by atoms with van der Waals surface area (Å²) in [6, 6.07) is 0. The summed E-state index contributed by atoms with van der Waals surface area (Å²) in [5.41, 5.74) is 0. The average molecular weight is 253 g/mol. The van der Waals surface area contributed by atoms with Gasteiger partial charge in [-0.05, 0) is 26.4 Å². The van der Waals surface area contributed by atoms with Crippen molar-refractivity contribution in [1.82, 2.24) is 25.7 Å². The lowest BCUT2D eigenvalue weighted by atomic mass is 10.4. The molecule has 2 rings (SSSR count). The maximum absolute atomic E-state index is 11.7. The molecule has 7 heteroatoms. The Bertz CT molecular complexity index is 385. The molecule has 0 atom stereocenters. The molecule has 0 unspecified atom stereocenters. The van der Waals surface area contributed by atoms with Crippen molar-refractivity contribution in [3.63, 3.8) is 0 Å². The van der Waals surface area contributed by atoms with E-state index in [1.54, 1.807) is 6.92 Å². The molecule has 0 aromatic carbocycles. The van der Waals surface area contributed by atoms with Crippen molar-refractivity contribution in [3.05, 3.63) is 11.7 Å². The third kappa shape index (κ3) is 4.08. The number of aromatic nitrogens is 2. The molecular formula is C11H19N5O2. The molecule has 1 fully saturated rings. The van der Waals surface area contributed by atoms with E-state index in [0.29, 0.717) is 24.8 Å². The normalized spacial score (nSPS) is 17.4. The molecule has 1 saturated heterocycles. The zero-order valence-corrected chi connectivity index (χ0v) is 10.6. The molecule has 0 radical (unpaired) electrons. The molecule has 1 aliphatic heterocycles. The molecule has 1 amide bonds. The summed E-state index contributed by atoms with van der Waals surface area (Å²) in [5.74, 6) is 1.02. The van der Waals surface area contributed by atoms with Crippen LogP contribution in [0, 0.1) is 6.92 Å². The molecule has 1 aliphatic rings. The molecule has 0 aliphatic carbocycles. The van der Waals surface area contributed by atoms with Gasteiger partial charge >= 0.3 is 0 Å². The second-order valence-electron chi connectivity index (χ2n) is 4.39. The Morgan fingerprint density at radius 2 is 2.39 bits per heavy atom. The van der Waals surface area contributed by atoms with Gasteiger partial charge in [0.2, 0.25) is 11.8 Å². The Hall–Kier alpha value is -1.47. The summed E-state index contributed by atoms with van der Waals surface area (Å²) in [6.07, 6.45) is 1.08. The topological polar surface area (TPSA) is 83.3 Å². The van der Waals surface area contributed by atoms with Crippen molar-refractivity contribution in [1.29, 1.82) is 0 Å². The Labute approximate surface area is 106 Å². The molecule has 18 heavy (non-hydrogen) atoms. The van der Waals surface area contributed by atoms with Gasteiger partial charge in [0.1, 0.15) is 0 Å². The predicted octanol–water partition coefficient (Wildman–Crippen LogP) is -0.710. The van der Waals surface area contributed by atoms with E-state index in [4.69, 9.17) is 4.52 Å². The fourth-order valence-electron chi connectivity index (χ4n) is 1.90. The van der Waals surface area contributed by atoms with Gasteiger partial charge in [0.25, 0.3) is 0 Å². The monoisotopic (exact) mass is 253 g/mol. The maximum atomic E-state index is 11.7. The molecule has 1 aromatic heterocycles. The highest BCUT2D eigenvalue weighted by molar-refractivity contribution is 5.77. The molecule has 0 saturated carbocycles. The lowest BCUT2D eigenvalue weighted by molar-refractivity contribution is -0.122. The van der Waals surface area contributed by atoms with Crippen LogP contribution in [0.2, 0.25) is 0 Å². The van der Waals surface area contributed by atoms with E-state index in [9.17, 15) is 4.79 Å². The number of carbonyl (C=O) groups is 1. The maximum Gasteiger partial charge on any atom is 0.246 e. The zero-order chi connectivity index (χ0) is 12.8. The molecule has 2 heterocycles. The van der Waals surface area contributed by atoms with Crippen molar-refractivity contribution in [2.75, 3.05) is 32.7 Å². The molecule has 7 nitrogen and oxygen atoms in total. The lowest BCUT2D eigenvalue weighted by Gasteiger charge is -2.18. The van der Waals surface area contributed by atoms with Gasteiger partial charge in [0.15, 0.2) is 5.82 Å². The van der Waals surface area contributed by atoms with Crippen LogP contribution < -0.4 is 10.6 Å². The molecule has 0 spiro atoms. The van der Waals surface area contributed by atoms with E-state index in [1.807, 2.05) is 0 Å². The minimum absolute atomic E-state index is 0.00671. The third-order valence-electron chi connectivity index (χ3n) is 2.81. The van der Waals surface area contributed by atoms with E-state index in [1.165, 1.54) is 0 Å². The molecular weight excluding hydrogens is 234 g/mol. The molecule has 1 aromatic rings. The van der Waals surface area contributed by atoms with Crippen LogP contribution in [-0.2, 0) is 11.3 Å². The Balaban J connectivity index is 1.71. The number of nitrogens with zero attached hydrogens (tertiary/aromatic N) is 3. The summed E-state index contributed by atoms with van der Waals surface area (Å²) in [4.78, 5) is 17.9. The second-order valence-corrected chi connectivity index (χ2v) is 4.39. The second kappa shape index (κ2) is 6.46. The van der Waals surface area contributed by atoms with Crippen LogP contribution in [0.25, 0.3) is 0 Å². The van der Waals surface area contributed by atoms with Gasteiger partial charge < -0.3 is 15.2 Å². The van der Waals surface area contributed by atoms with Crippen LogP contribution in [0.4, 0.5) is 0 Å². The minimum Gasteiger partial charge on any atom is -0.346 e. The van der Waals surface area contributed by atoms with Gasteiger partial charge in [0.05, 0.1) is 13.1 Å². The number of nitrogens with one attached hydrogen (secondary N) is 2. The van der Waals surface area contributed by atoms with Gasteiger partial charge in [-0.15, -0.1) is 0 Å². The van der Waals surface area contributed by atoms with Gasteiger partial charge in [-0.3, -0.25) is 9.69 Å². The summed E-state index contributed by atoms with van der Waals surface area (Å²) >= 11 is 0. The van der Waals surface area contributed by atoms with E-state index in [-0.39, 0.29) is 5.91 Å². The number of hydrogen-bond acceptors (Lipinski definition) is 6. The Kier molecular flexibility index (Phi) is 4.66. The zero-order valence-electron chi connectivity index (χ0n) is 10.6. The lowest BCUT2D eigenvalue weighted by Crippen LogP contribution is -2.38. The van der Waals surface area contributed by atoms with Crippen LogP contribution in [0.1, 0.15) is 18.1 Å². The van der Waals surface area contributed by atoms with Gasteiger partial charge in [-0.25, -0.2) is 0 Å². The largest absolute Gasteiger partial charge is 0.346 e. The number of carbonyl (C=O) groups excluding carboxylic acids is 1. The highest BCUT2D eigenvalue weighted by Gasteiger charge is 2.13. The van der Waals surface area contributed by atoms with Crippen LogP contribution in [0.3, 0.4) is 0 Å². The van der Waals surface area contributed by atoms with Crippen molar-refractivity contribution < 1.29 is 9.32 Å². The third-order valence-corrected chi connectivity index (χ3v) is 2.81. The first-order chi connectivity index (χ1) is 8.74. The van der Waals surface area contributed by atoms with Crippen molar-refractivity contribution in [2.24, 2.45) is 0 Å². The number of hydrogen-bond donors (Lipinski definition) is 2. The van der Waals surface area contributed by atoms with E-state index < -0.39 is 0 Å². The average Bonchev–Trinajstić information content (AvgIpc) is 2.60. The Morgan fingerprint density at radius 1 is 1.50 bits per heavy atom. The van der Waals surface area contributed by atoms with Gasteiger partial charge in [-0.1, -0.05) is 5.16 Å². The summed E-state index contributed by atoms with van der Waals surface area (Å²) in [6.45, 7) is 6.31. The number of amides is 1. The van der Waals surface area contributed by atoms with Crippen molar-refractivity contribution in [3.8, 4) is 0 Å². The summed E-state index contributed by atoms with van der Waals surface area (Å²) in [7, 11) is 0. The minimum atomic E-state index is -0.00671. The first-order valence-electron chi connectivity index (χ1n) is 6.23. The smallest absolute Gasteiger partial charge is 0.246 e. The van der Waals surface area contributed by atoms with E-state index in [0.717, 1.165) is 32.6 Å². The summed E-state index contributed by atoms with van der Waals surface area (Å²) in [5, 5.41) is 9.75. The quantitative estimate of drug-likeness (QED) is 0.737. The van der Waals surface area contributed by atoms with Gasteiger partial charge in [-0.2, -0.15) is 4.98 Å². The highest BCUT2D eigenvalue weighted by atomic mass is 16.5. The first-order valence-corrected chi connectivity index (χ1v) is 6.23. The molecule has 100 valence electrons. The Morgan fingerprint density at radius 3 is 3.17 bits per heavy atom. The van der Waals surface area contributed by atoms with Crippen molar-refractivity contribution >= 4 is 5.91 Å². The molecule has 2 N–H and O–H groups in total. The summed E-state index contributed by atoms with van der Waals surface area (Å²) < 4.78 is 4.93.